The Morgan fingerprint density at radius 3 is 2.59 bits per heavy atom. The Hall–Kier alpha value is -3.28. The van der Waals surface area contributed by atoms with Crippen molar-refractivity contribution in [3.63, 3.8) is 0 Å². The van der Waals surface area contributed by atoms with Gasteiger partial charge in [-0.3, -0.25) is 19.6 Å². The van der Waals surface area contributed by atoms with Gasteiger partial charge in [0.25, 0.3) is 11.5 Å². The van der Waals surface area contributed by atoms with E-state index in [1.165, 1.54) is 0 Å². The van der Waals surface area contributed by atoms with Crippen molar-refractivity contribution in [2.45, 2.75) is 46.6 Å². The summed E-state index contributed by atoms with van der Waals surface area (Å²) in [7, 11) is 0. The minimum atomic E-state index is -0.190. The molecule has 1 atom stereocenters. The van der Waals surface area contributed by atoms with Gasteiger partial charge in [0, 0.05) is 46.7 Å². The van der Waals surface area contributed by atoms with Crippen molar-refractivity contribution >= 4 is 5.91 Å². The number of H-pyrrole nitrogens is 1. The average Bonchev–Trinajstić information content (AvgIpc) is 2.73. The largest absolute Gasteiger partial charge is 0.345 e. The number of pyridine rings is 3. The number of nitrogens with one attached hydrogen (secondary N) is 2. The summed E-state index contributed by atoms with van der Waals surface area (Å²) in [6, 6.07) is 7.49. The van der Waals surface area contributed by atoms with Crippen LogP contribution < -0.4 is 10.9 Å². The fraction of sp³-hybridized carbons (Fsp3) is 0.304. The second-order valence-corrected chi connectivity index (χ2v) is 7.15. The van der Waals surface area contributed by atoms with Crippen molar-refractivity contribution in [1.29, 1.82) is 0 Å². The highest BCUT2D eigenvalue weighted by molar-refractivity contribution is 5.95. The Balaban J connectivity index is 1.88. The summed E-state index contributed by atoms with van der Waals surface area (Å²) in [6.45, 7) is 7.75. The molecule has 3 heterocycles. The normalized spacial score (nSPS) is 11.9. The van der Waals surface area contributed by atoms with Gasteiger partial charge in [-0.15, -0.1) is 0 Å². The molecule has 0 fully saturated rings. The van der Waals surface area contributed by atoms with Crippen LogP contribution >= 0.6 is 0 Å². The molecule has 6 nitrogen and oxygen atoms in total. The molecule has 0 aliphatic heterocycles. The van der Waals surface area contributed by atoms with Crippen molar-refractivity contribution in [2.75, 3.05) is 0 Å². The lowest BCUT2D eigenvalue weighted by atomic mass is 10.0. The van der Waals surface area contributed by atoms with E-state index in [9.17, 15) is 9.59 Å². The molecule has 3 aromatic heterocycles. The molecule has 6 heteroatoms. The fourth-order valence-corrected chi connectivity index (χ4v) is 3.29. The van der Waals surface area contributed by atoms with Crippen LogP contribution in [0.3, 0.4) is 0 Å². The van der Waals surface area contributed by atoms with Crippen molar-refractivity contribution in [3.8, 4) is 11.1 Å². The Labute approximate surface area is 170 Å². The maximum atomic E-state index is 12.9. The van der Waals surface area contributed by atoms with Crippen LogP contribution in [-0.2, 0) is 6.42 Å². The van der Waals surface area contributed by atoms with E-state index in [-0.39, 0.29) is 17.5 Å². The number of rotatable bonds is 6. The first-order valence-electron chi connectivity index (χ1n) is 9.84. The highest BCUT2D eigenvalue weighted by atomic mass is 16.1. The molecule has 3 rings (SSSR count). The van der Waals surface area contributed by atoms with Crippen LogP contribution in [0.5, 0.6) is 0 Å². The first-order valence-corrected chi connectivity index (χ1v) is 9.84. The minimum Gasteiger partial charge on any atom is -0.345 e. The molecule has 3 aromatic rings. The molecule has 150 valence electrons. The monoisotopic (exact) mass is 390 g/mol. The fourth-order valence-electron chi connectivity index (χ4n) is 3.29. The molecular formula is C23H26N4O2. The minimum absolute atomic E-state index is 0.0758. The van der Waals surface area contributed by atoms with Gasteiger partial charge >= 0.3 is 0 Å². The maximum absolute atomic E-state index is 12.9. The second kappa shape index (κ2) is 8.82. The lowest BCUT2D eigenvalue weighted by Gasteiger charge is -2.17. The lowest BCUT2D eigenvalue weighted by Crippen LogP contribution is -2.28. The van der Waals surface area contributed by atoms with E-state index in [1.807, 2.05) is 52.0 Å². The van der Waals surface area contributed by atoms with Gasteiger partial charge in [0.05, 0.1) is 11.6 Å². The zero-order chi connectivity index (χ0) is 21.0. The summed E-state index contributed by atoms with van der Waals surface area (Å²) >= 11 is 0. The van der Waals surface area contributed by atoms with E-state index in [1.54, 1.807) is 18.6 Å². The second-order valence-electron chi connectivity index (χ2n) is 7.15. The third kappa shape index (κ3) is 4.59. The van der Waals surface area contributed by atoms with Crippen LogP contribution in [0, 0.1) is 13.8 Å². The van der Waals surface area contributed by atoms with Crippen molar-refractivity contribution in [3.05, 3.63) is 81.3 Å². The van der Waals surface area contributed by atoms with E-state index >= 15 is 0 Å². The molecule has 0 aliphatic rings. The molecule has 0 radical (unpaired) electrons. The van der Waals surface area contributed by atoms with E-state index in [0.29, 0.717) is 17.5 Å². The average molecular weight is 390 g/mol. The third-order valence-corrected chi connectivity index (χ3v) is 5.06. The van der Waals surface area contributed by atoms with Crippen LogP contribution in [0.2, 0.25) is 0 Å². The first kappa shape index (κ1) is 20.5. The lowest BCUT2D eigenvalue weighted by molar-refractivity contribution is 0.0935. The van der Waals surface area contributed by atoms with E-state index in [4.69, 9.17) is 0 Å². The summed E-state index contributed by atoms with van der Waals surface area (Å²) < 4.78 is 0. The van der Waals surface area contributed by atoms with Crippen LogP contribution in [-0.4, -0.2) is 20.9 Å². The van der Waals surface area contributed by atoms with Gasteiger partial charge in [0.15, 0.2) is 0 Å². The molecule has 0 aliphatic carbocycles. The molecule has 0 saturated carbocycles. The van der Waals surface area contributed by atoms with Gasteiger partial charge in [-0.25, -0.2) is 0 Å². The highest BCUT2D eigenvalue weighted by Gasteiger charge is 2.16. The molecule has 0 saturated heterocycles. The van der Waals surface area contributed by atoms with Crippen molar-refractivity contribution in [2.24, 2.45) is 0 Å². The van der Waals surface area contributed by atoms with E-state index in [0.717, 1.165) is 34.5 Å². The molecule has 1 amide bonds. The summed E-state index contributed by atoms with van der Waals surface area (Å²) in [5, 5.41) is 3.07. The van der Waals surface area contributed by atoms with Crippen LogP contribution in [0.15, 0.2) is 47.7 Å². The smallest absolute Gasteiger partial charge is 0.253 e. The number of amides is 1. The van der Waals surface area contributed by atoms with E-state index in [2.05, 4.69) is 20.3 Å². The zero-order valence-corrected chi connectivity index (χ0v) is 17.2. The quantitative estimate of drug-likeness (QED) is 0.668. The number of aromatic amines is 1. The van der Waals surface area contributed by atoms with Crippen molar-refractivity contribution < 1.29 is 4.79 Å². The van der Waals surface area contributed by atoms with Crippen LogP contribution in [0.1, 0.15) is 59.2 Å². The molecule has 1 unspecified atom stereocenters. The Morgan fingerprint density at radius 2 is 1.93 bits per heavy atom. The number of hydrogen-bond acceptors (Lipinski definition) is 4. The highest BCUT2D eigenvalue weighted by Crippen LogP contribution is 2.23. The standard InChI is InChI=1S/C23H26N4O2/c1-5-16-10-20(15(4)26-22(16)28)18-9-19(12-24-11-18)23(29)27-21(6-2)17-8-7-14(3)25-13-17/h7-13,21H,5-6H2,1-4H3,(H,26,28)(H,27,29). The van der Waals surface area contributed by atoms with Gasteiger partial charge in [-0.05, 0) is 50.5 Å². The van der Waals surface area contributed by atoms with Gasteiger partial charge in [-0.1, -0.05) is 19.9 Å². The van der Waals surface area contributed by atoms with Gasteiger partial charge < -0.3 is 10.3 Å². The first-order chi connectivity index (χ1) is 13.9. The SMILES string of the molecule is CCc1cc(-c2cncc(C(=O)NC(CC)c3ccc(C)nc3)c2)c(C)[nH]c1=O. The number of carbonyl (C=O) groups is 1. The molecule has 29 heavy (non-hydrogen) atoms. The number of nitrogens with zero attached hydrogens (tertiary/aromatic N) is 2. The predicted octanol–water partition coefficient (Wildman–Crippen LogP) is 3.89. The summed E-state index contributed by atoms with van der Waals surface area (Å²) in [5.74, 6) is -0.190. The van der Waals surface area contributed by atoms with Gasteiger partial charge in [-0.2, -0.15) is 0 Å². The number of hydrogen-bond donors (Lipinski definition) is 2. The predicted molar refractivity (Wildman–Crippen MR) is 114 cm³/mol. The Kier molecular flexibility index (Phi) is 6.22. The Bertz CT molecular complexity index is 1070. The molecule has 0 spiro atoms. The zero-order valence-electron chi connectivity index (χ0n) is 17.2. The van der Waals surface area contributed by atoms with E-state index < -0.39 is 0 Å². The number of aromatic nitrogens is 3. The van der Waals surface area contributed by atoms with Crippen molar-refractivity contribution in [1.82, 2.24) is 20.3 Å². The topological polar surface area (TPSA) is 87.7 Å². The van der Waals surface area contributed by atoms with Crippen LogP contribution in [0.4, 0.5) is 0 Å². The molecule has 2 N–H and O–H groups in total. The summed E-state index contributed by atoms with van der Waals surface area (Å²) in [4.78, 5) is 36.3. The summed E-state index contributed by atoms with van der Waals surface area (Å²) in [5.41, 5.74) is 5.44. The maximum Gasteiger partial charge on any atom is 0.253 e. The van der Waals surface area contributed by atoms with Gasteiger partial charge in [0.1, 0.15) is 0 Å². The van der Waals surface area contributed by atoms with Crippen LogP contribution in [0.25, 0.3) is 11.1 Å². The Morgan fingerprint density at radius 1 is 1.14 bits per heavy atom. The third-order valence-electron chi connectivity index (χ3n) is 5.06. The molecule has 0 bridgehead atoms. The van der Waals surface area contributed by atoms with Gasteiger partial charge in [0.2, 0.25) is 0 Å². The summed E-state index contributed by atoms with van der Waals surface area (Å²) in [6.07, 6.45) is 6.45. The molecule has 0 aromatic carbocycles. The number of aryl methyl sites for hydroxylation is 3. The molecular weight excluding hydrogens is 364 g/mol. The number of carbonyl (C=O) groups excluding carboxylic acids is 1.